The fourth-order valence-corrected chi connectivity index (χ4v) is 4.21. The van der Waals surface area contributed by atoms with E-state index in [1.165, 1.54) is 0 Å². The number of likely N-dealkylation sites (tertiary alicyclic amines) is 1. The zero-order valence-corrected chi connectivity index (χ0v) is 16.1. The average molecular weight is 394 g/mol. The summed E-state index contributed by atoms with van der Waals surface area (Å²) in [5.41, 5.74) is 2.46. The molecular formula is C18H18N8OS. The predicted molar refractivity (Wildman–Crippen MR) is 103 cm³/mol. The van der Waals surface area contributed by atoms with Crippen LogP contribution in [0.1, 0.15) is 34.0 Å². The highest BCUT2D eigenvalue weighted by molar-refractivity contribution is 7.18. The van der Waals surface area contributed by atoms with Gasteiger partial charge in [-0.25, -0.2) is 9.67 Å². The second-order valence-corrected chi connectivity index (χ2v) is 7.87. The zero-order valence-electron chi connectivity index (χ0n) is 15.3. The molecule has 0 bridgehead atoms. The molecule has 0 unspecified atom stereocenters. The van der Waals surface area contributed by atoms with Crippen molar-refractivity contribution in [2.75, 3.05) is 13.1 Å². The molecule has 9 nitrogen and oxygen atoms in total. The number of rotatable bonds is 5. The van der Waals surface area contributed by atoms with Gasteiger partial charge >= 0.3 is 0 Å². The van der Waals surface area contributed by atoms with Gasteiger partial charge in [0.25, 0.3) is 5.91 Å². The van der Waals surface area contributed by atoms with Crippen LogP contribution in [0.3, 0.4) is 0 Å². The SMILES string of the molecule is CCc1nc2ccc(C(=O)N3CC(n4cc(Cn5nccn5)nn4)C3)cc2s1. The zero-order chi connectivity index (χ0) is 19.1. The first-order chi connectivity index (χ1) is 13.7. The summed E-state index contributed by atoms with van der Waals surface area (Å²) in [6.07, 6.45) is 6.07. The number of hydrogen-bond donors (Lipinski definition) is 0. The summed E-state index contributed by atoms with van der Waals surface area (Å²) in [6, 6.07) is 5.89. The molecule has 142 valence electrons. The number of hydrogen-bond acceptors (Lipinski definition) is 7. The van der Waals surface area contributed by atoms with E-state index in [2.05, 4.69) is 32.4 Å². The van der Waals surface area contributed by atoms with Gasteiger partial charge in [-0.2, -0.15) is 15.0 Å². The Hall–Kier alpha value is -3.14. The second-order valence-electron chi connectivity index (χ2n) is 6.76. The molecular weight excluding hydrogens is 376 g/mol. The number of carbonyl (C=O) groups excluding carboxylic acids is 1. The van der Waals surface area contributed by atoms with E-state index in [1.54, 1.807) is 28.5 Å². The normalized spacial score (nSPS) is 14.5. The van der Waals surface area contributed by atoms with Gasteiger partial charge in [0.15, 0.2) is 0 Å². The summed E-state index contributed by atoms with van der Waals surface area (Å²) >= 11 is 1.65. The molecule has 0 spiro atoms. The molecule has 1 aromatic carbocycles. The summed E-state index contributed by atoms with van der Waals surface area (Å²) in [6.45, 7) is 3.83. The molecule has 0 atom stereocenters. The van der Waals surface area contributed by atoms with Crippen LogP contribution in [0.2, 0.25) is 0 Å². The maximum Gasteiger partial charge on any atom is 0.254 e. The molecule has 1 aliphatic heterocycles. The standard InChI is InChI=1S/C18H18N8OS/c1-2-17-21-15-4-3-12(7-16(15)28-17)18(27)24-10-14(11-24)25-8-13(22-23-25)9-26-19-5-6-20-26/h3-8,14H,2,9-11H2,1H3. The van der Waals surface area contributed by atoms with Gasteiger partial charge in [0.05, 0.1) is 39.9 Å². The number of nitrogens with zero attached hydrogens (tertiary/aromatic N) is 8. The van der Waals surface area contributed by atoms with E-state index < -0.39 is 0 Å². The molecule has 4 aromatic rings. The van der Waals surface area contributed by atoms with E-state index in [0.29, 0.717) is 25.2 Å². The quantitative estimate of drug-likeness (QED) is 0.512. The summed E-state index contributed by atoms with van der Waals surface area (Å²) in [5, 5.41) is 17.6. The minimum atomic E-state index is 0.0469. The first-order valence-corrected chi connectivity index (χ1v) is 9.95. The summed E-state index contributed by atoms with van der Waals surface area (Å²) in [7, 11) is 0. The lowest BCUT2D eigenvalue weighted by Gasteiger charge is -2.38. The number of aromatic nitrogens is 7. The predicted octanol–water partition coefficient (Wildman–Crippen LogP) is 1.79. The molecule has 0 saturated carbocycles. The average Bonchev–Trinajstić information content (AvgIpc) is 3.40. The maximum atomic E-state index is 12.8. The van der Waals surface area contributed by atoms with E-state index >= 15 is 0 Å². The van der Waals surface area contributed by atoms with Crippen LogP contribution in [-0.2, 0) is 13.0 Å². The summed E-state index contributed by atoms with van der Waals surface area (Å²) in [5.74, 6) is 0.0469. The number of carbonyl (C=O) groups is 1. The Morgan fingerprint density at radius 1 is 1.25 bits per heavy atom. The van der Waals surface area contributed by atoms with Crippen LogP contribution in [0, 0.1) is 0 Å². The van der Waals surface area contributed by atoms with Gasteiger partial charge in [0.1, 0.15) is 12.2 Å². The number of thiazole rings is 1. The van der Waals surface area contributed by atoms with Gasteiger partial charge in [-0.3, -0.25) is 4.79 Å². The molecule has 5 rings (SSSR count). The number of amides is 1. The first kappa shape index (κ1) is 17.0. The molecule has 0 aliphatic carbocycles. The number of benzene rings is 1. The van der Waals surface area contributed by atoms with Crippen LogP contribution in [0.15, 0.2) is 36.8 Å². The highest BCUT2D eigenvalue weighted by Crippen LogP contribution is 2.27. The van der Waals surface area contributed by atoms with Crippen molar-refractivity contribution >= 4 is 27.5 Å². The van der Waals surface area contributed by atoms with Crippen LogP contribution in [0.4, 0.5) is 0 Å². The molecule has 28 heavy (non-hydrogen) atoms. The van der Waals surface area contributed by atoms with Gasteiger partial charge in [-0.05, 0) is 24.6 Å². The van der Waals surface area contributed by atoms with E-state index in [1.807, 2.05) is 34.0 Å². The van der Waals surface area contributed by atoms with E-state index in [-0.39, 0.29) is 11.9 Å². The second kappa shape index (κ2) is 6.79. The lowest BCUT2D eigenvalue weighted by molar-refractivity contribution is 0.0498. The number of aryl methyl sites for hydroxylation is 1. The topological polar surface area (TPSA) is 94.6 Å². The molecule has 1 amide bonds. The Morgan fingerprint density at radius 2 is 2.07 bits per heavy atom. The first-order valence-electron chi connectivity index (χ1n) is 9.13. The monoisotopic (exact) mass is 394 g/mol. The molecule has 1 fully saturated rings. The Kier molecular flexibility index (Phi) is 4.12. The van der Waals surface area contributed by atoms with E-state index in [0.717, 1.165) is 27.3 Å². The van der Waals surface area contributed by atoms with Crippen molar-refractivity contribution in [2.45, 2.75) is 25.9 Å². The van der Waals surface area contributed by atoms with Crippen molar-refractivity contribution in [2.24, 2.45) is 0 Å². The van der Waals surface area contributed by atoms with Crippen molar-refractivity contribution in [1.29, 1.82) is 0 Å². The Bertz CT molecular complexity index is 1130. The number of fused-ring (bicyclic) bond motifs is 1. The Labute approximate surface area is 164 Å². The fraction of sp³-hybridized carbons (Fsp3) is 0.333. The van der Waals surface area contributed by atoms with Gasteiger partial charge < -0.3 is 4.90 Å². The third-order valence-corrected chi connectivity index (χ3v) is 6.00. The Balaban J connectivity index is 1.24. The molecule has 0 radical (unpaired) electrons. The highest BCUT2D eigenvalue weighted by atomic mass is 32.1. The fourth-order valence-electron chi connectivity index (χ4n) is 3.26. The minimum absolute atomic E-state index is 0.0469. The van der Waals surface area contributed by atoms with Gasteiger partial charge in [-0.1, -0.05) is 12.1 Å². The van der Waals surface area contributed by atoms with Gasteiger partial charge in [0, 0.05) is 18.7 Å². The molecule has 10 heteroatoms. The van der Waals surface area contributed by atoms with Crippen molar-refractivity contribution in [3.63, 3.8) is 0 Å². The van der Waals surface area contributed by atoms with Gasteiger partial charge in [0.2, 0.25) is 0 Å². The lowest BCUT2D eigenvalue weighted by atomic mass is 10.1. The lowest BCUT2D eigenvalue weighted by Crippen LogP contribution is -2.50. The van der Waals surface area contributed by atoms with Crippen molar-refractivity contribution < 1.29 is 4.79 Å². The summed E-state index contributed by atoms with van der Waals surface area (Å²) in [4.78, 5) is 20.7. The van der Waals surface area contributed by atoms with E-state index in [9.17, 15) is 4.79 Å². The minimum Gasteiger partial charge on any atom is -0.334 e. The van der Waals surface area contributed by atoms with Crippen molar-refractivity contribution in [1.82, 2.24) is 39.9 Å². The molecule has 1 aliphatic rings. The molecule has 0 N–H and O–H groups in total. The third kappa shape index (κ3) is 3.05. The molecule has 3 aromatic heterocycles. The third-order valence-electron chi connectivity index (χ3n) is 4.83. The van der Waals surface area contributed by atoms with E-state index in [4.69, 9.17) is 0 Å². The van der Waals surface area contributed by atoms with Crippen molar-refractivity contribution in [3.05, 3.63) is 53.1 Å². The summed E-state index contributed by atoms with van der Waals surface area (Å²) < 4.78 is 2.88. The van der Waals surface area contributed by atoms with Crippen LogP contribution in [0.5, 0.6) is 0 Å². The Morgan fingerprint density at radius 3 is 2.86 bits per heavy atom. The van der Waals surface area contributed by atoms with Crippen LogP contribution in [-0.4, -0.2) is 58.9 Å². The van der Waals surface area contributed by atoms with Crippen LogP contribution in [0.25, 0.3) is 10.2 Å². The molecule has 1 saturated heterocycles. The largest absolute Gasteiger partial charge is 0.334 e. The van der Waals surface area contributed by atoms with Gasteiger partial charge in [-0.15, -0.1) is 16.4 Å². The molecule has 4 heterocycles. The van der Waals surface area contributed by atoms with Crippen LogP contribution >= 0.6 is 11.3 Å². The maximum absolute atomic E-state index is 12.8. The smallest absolute Gasteiger partial charge is 0.254 e. The highest BCUT2D eigenvalue weighted by Gasteiger charge is 2.33. The van der Waals surface area contributed by atoms with Crippen LogP contribution < -0.4 is 0 Å². The van der Waals surface area contributed by atoms with Crippen molar-refractivity contribution in [3.8, 4) is 0 Å².